The van der Waals surface area contributed by atoms with Crippen molar-refractivity contribution in [2.75, 3.05) is 6.54 Å². The summed E-state index contributed by atoms with van der Waals surface area (Å²) in [5.41, 5.74) is 2.61. The van der Waals surface area contributed by atoms with Crippen molar-refractivity contribution in [1.29, 1.82) is 0 Å². The molecule has 4 rings (SSSR count). The lowest BCUT2D eigenvalue weighted by atomic mass is 10.1. The first-order chi connectivity index (χ1) is 13.7. The number of hydrogen-bond donors (Lipinski definition) is 2. The van der Waals surface area contributed by atoms with Gasteiger partial charge in [-0.3, -0.25) is 9.69 Å². The summed E-state index contributed by atoms with van der Waals surface area (Å²) >= 11 is 1.39. The Balaban J connectivity index is 1.58. The number of H-pyrrole nitrogens is 1. The highest BCUT2D eigenvalue weighted by Gasteiger charge is 2.16. The maximum atomic E-state index is 12.3. The van der Waals surface area contributed by atoms with Crippen LogP contribution in [0, 0.1) is 0 Å². The van der Waals surface area contributed by atoms with Gasteiger partial charge in [0.25, 0.3) is 5.56 Å². The van der Waals surface area contributed by atoms with E-state index in [2.05, 4.69) is 27.0 Å². The quantitative estimate of drug-likeness (QED) is 0.504. The molecule has 0 saturated heterocycles. The number of aliphatic hydroxyl groups is 1. The number of nitrogens with one attached hydrogen (secondary N) is 1. The van der Waals surface area contributed by atoms with Gasteiger partial charge in [0.05, 0.1) is 18.2 Å². The van der Waals surface area contributed by atoms with E-state index in [-0.39, 0.29) is 5.56 Å². The topological polar surface area (TPSA) is 69.2 Å². The SMILES string of the molecule is O=c1[nH]c(CN(Cc2ccccc2)C[C@H](O)c2ccccc2)nc2ccsc12. The van der Waals surface area contributed by atoms with Crippen LogP contribution in [0.3, 0.4) is 0 Å². The van der Waals surface area contributed by atoms with E-state index in [1.54, 1.807) is 0 Å². The lowest BCUT2D eigenvalue weighted by Crippen LogP contribution is -2.29. The Hall–Kier alpha value is -2.80. The van der Waals surface area contributed by atoms with Gasteiger partial charge in [-0.25, -0.2) is 4.98 Å². The van der Waals surface area contributed by atoms with Gasteiger partial charge in [0.15, 0.2) is 0 Å². The second-order valence-electron chi connectivity index (χ2n) is 6.73. The zero-order valence-corrected chi connectivity index (χ0v) is 16.1. The third-order valence-corrected chi connectivity index (χ3v) is 5.50. The van der Waals surface area contributed by atoms with Gasteiger partial charge in [-0.05, 0) is 22.6 Å². The van der Waals surface area contributed by atoms with Gasteiger partial charge in [0.2, 0.25) is 0 Å². The molecular weight excluding hydrogens is 370 g/mol. The van der Waals surface area contributed by atoms with Crippen LogP contribution in [0.15, 0.2) is 76.9 Å². The molecule has 0 fully saturated rings. The van der Waals surface area contributed by atoms with Crippen LogP contribution in [0.25, 0.3) is 10.2 Å². The third kappa shape index (κ3) is 4.36. The largest absolute Gasteiger partial charge is 0.387 e. The molecule has 2 N–H and O–H groups in total. The van der Waals surface area contributed by atoms with Crippen molar-refractivity contribution in [3.05, 3.63) is 99.4 Å². The summed E-state index contributed by atoms with van der Waals surface area (Å²) in [7, 11) is 0. The molecule has 2 aromatic carbocycles. The molecule has 2 aromatic heterocycles. The zero-order chi connectivity index (χ0) is 19.3. The maximum Gasteiger partial charge on any atom is 0.268 e. The second-order valence-corrected chi connectivity index (χ2v) is 7.65. The summed E-state index contributed by atoms with van der Waals surface area (Å²) in [6, 6.07) is 21.6. The number of fused-ring (bicyclic) bond motifs is 1. The van der Waals surface area contributed by atoms with E-state index >= 15 is 0 Å². The van der Waals surface area contributed by atoms with Gasteiger partial charge in [-0.15, -0.1) is 11.3 Å². The van der Waals surface area contributed by atoms with Crippen LogP contribution < -0.4 is 5.56 Å². The van der Waals surface area contributed by atoms with Crippen molar-refractivity contribution in [2.45, 2.75) is 19.2 Å². The normalized spacial score (nSPS) is 12.5. The van der Waals surface area contributed by atoms with Gasteiger partial charge < -0.3 is 10.1 Å². The Morgan fingerprint density at radius 2 is 1.71 bits per heavy atom. The number of aromatic nitrogens is 2. The van der Waals surface area contributed by atoms with Gasteiger partial charge in [0, 0.05) is 13.1 Å². The maximum absolute atomic E-state index is 12.3. The van der Waals surface area contributed by atoms with Crippen LogP contribution in [-0.2, 0) is 13.1 Å². The molecule has 0 aliphatic heterocycles. The third-order valence-electron chi connectivity index (χ3n) is 4.60. The van der Waals surface area contributed by atoms with E-state index < -0.39 is 6.10 Å². The van der Waals surface area contributed by atoms with Gasteiger partial charge >= 0.3 is 0 Å². The molecule has 0 spiro atoms. The summed E-state index contributed by atoms with van der Waals surface area (Å²) in [6.45, 7) is 1.53. The Labute approximate surface area is 166 Å². The van der Waals surface area contributed by atoms with E-state index in [0.717, 1.165) is 11.1 Å². The molecule has 1 atom stereocenters. The van der Waals surface area contributed by atoms with E-state index in [4.69, 9.17) is 0 Å². The van der Waals surface area contributed by atoms with Crippen LogP contribution in [0.2, 0.25) is 0 Å². The van der Waals surface area contributed by atoms with Gasteiger partial charge in [-0.2, -0.15) is 0 Å². The number of thiophene rings is 1. The predicted molar refractivity (Wildman–Crippen MR) is 112 cm³/mol. The summed E-state index contributed by atoms with van der Waals surface area (Å²) in [6.07, 6.45) is -0.624. The van der Waals surface area contributed by atoms with Crippen LogP contribution >= 0.6 is 11.3 Å². The highest BCUT2D eigenvalue weighted by Crippen LogP contribution is 2.18. The molecule has 5 nitrogen and oxygen atoms in total. The Bertz CT molecular complexity index is 1090. The molecule has 0 unspecified atom stereocenters. The first-order valence-electron chi connectivity index (χ1n) is 9.15. The average Bonchev–Trinajstić information content (AvgIpc) is 3.18. The minimum Gasteiger partial charge on any atom is -0.387 e. The minimum absolute atomic E-state index is 0.113. The van der Waals surface area contributed by atoms with Crippen molar-refractivity contribution in [3.8, 4) is 0 Å². The van der Waals surface area contributed by atoms with E-state index in [9.17, 15) is 9.90 Å². The fraction of sp³-hybridized carbons (Fsp3) is 0.182. The second kappa shape index (κ2) is 8.48. The van der Waals surface area contributed by atoms with E-state index in [0.29, 0.717) is 35.7 Å². The first-order valence-corrected chi connectivity index (χ1v) is 10.0. The number of rotatable bonds is 7. The molecule has 142 valence electrons. The molecule has 6 heteroatoms. The molecule has 0 aliphatic rings. The molecule has 4 aromatic rings. The van der Waals surface area contributed by atoms with Crippen LogP contribution in [-0.4, -0.2) is 26.5 Å². The van der Waals surface area contributed by atoms with Crippen molar-refractivity contribution < 1.29 is 5.11 Å². The predicted octanol–water partition coefficient (Wildman–Crippen LogP) is 3.72. The first kappa shape index (κ1) is 18.6. The number of nitrogens with zero attached hydrogens (tertiary/aromatic N) is 2. The van der Waals surface area contributed by atoms with E-state index in [1.807, 2.05) is 60.0 Å². The standard InChI is InChI=1S/C22H21N3O2S/c26-19(17-9-5-2-6-10-17)14-25(13-16-7-3-1-4-8-16)15-20-23-18-11-12-28-21(18)22(27)24-20/h1-12,19,26H,13-15H2,(H,23,24,27)/t19-/m0/s1. The number of aliphatic hydroxyl groups excluding tert-OH is 1. The Morgan fingerprint density at radius 3 is 2.46 bits per heavy atom. The van der Waals surface area contributed by atoms with Crippen molar-refractivity contribution in [1.82, 2.24) is 14.9 Å². The summed E-state index contributed by atoms with van der Waals surface area (Å²) in [5, 5.41) is 12.6. The number of hydrogen-bond acceptors (Lipinski definition) is 5. The molecule has 0 bridgehead atoms. The summed E-state index contributed by atoms with van der Waals surface area (Å²) in [5.74, 6) is 0.604. The smallest absolute Gasteiger partial charge is 0.268 e. The molecule has 0 saturated carbocycles. The van der Waals surface area contributed by atoms with Crippen LogP contribution in [0.5, 0.6) is 0 Å². The fourth-order valence-electron chi connectivity index (χ4n) is 3.26. The van der Waals surface area contributed by atoms with Crippen molar-refractivity contribution >= 4 is 21.6 Å². The summed E-state index contributed by atoms with van der Waals surface area (Å²) < 4.78 is 0.641. The molecule has 2 heterocycles. The Morgan fingerprint density at radius 1 is 1.00 bits per heavy atom. The van der Waals surface area contributed by atoms with E-state index in [1.165, 1.54) is 11.3 Å². The van der Waals surface area contributed by atoms with Gasteiger partial charge in [0.1, 0.15) is 10.5 Å². The molecule has 0 amide bonds. The van der Waals surface area contributed by atoms with Crippen LogP contribution in [0.1, 0.15) is 23.1 Å². The molecule has 28 heavy (non-hydrogen) atoms. The lowest BCUT2D eigenvalue weighted by Gasteiger charge is -2.25. The molecular formula is C22H21N3O2S. The fourth-order valence-corrected chi connectivity index (χ4v) is 3.99. The lowest BCUT2D eigenvalue weighted by molar-refractivity contribution is 0.103. The minimum atomic E-state index is -0.624. The summed E-state index contributed by atoms with van der Waals surface area (Å²) in [4.78, 5) is 21.9. The Kier molecular flexibility index (Phi) is 5.62. The zero-order valence-electron chi connectivity index (χ0n) is 15.3. The molecule has 0 radical (unpaired) electrons. The van der Waals surface area contributed by atoms with Gasteiger partial charge in [-0.1, -0.05) is 60.7 Å². The highest BCUT2D eigenvalue weighted by atomic mass is 32.1. The van der Waals surface area contributed by atoms with Crippen molar-refractivity contribution in [3.63, 3.8) is 0 Å². The van der Waals surface area contributed by atoms with Crippen molar-refractivity contribution in [2.24, 2.45) is 0 Å². The monoisotopic (exact) mass is 391 g/mol. The molecule has 0 aliphatic carbocycles. The number of aromatic amines is 1. The highest BCUT2D eigenvalue weighted by molar-refractivity contribution is 7.17. The van der Waals surface area contributed by atoms with Crippen LogP contribution in [0.4, 0.5) is 0 Å². The average molecular weight is 391 g/mol. The number of benzene rings is 2.